The van der Waals surface area contributed by atoms with Crippen molar-refractivity contribution in [3.05, 3.63) is 29.8 Å². The van der Waals surface area contributed by atoms with Crippen LogP contribution in [0.25, 0.3) is 0 Å². The van der Waals surface area contributed by atoms with Gasteiger partial charge in [-0.15, -0.1) is 0 Å². The average Bonchev–Trinajstić information content (AvgIpc) is 2.78. The fraction of sp³-hybridized carbons (Fsp3) is 0.500. The number of ether oxygens (including phenoxy) is 1. The lowest BCUT2D eigenvalue weighted by molar-refractivity contribution is 0.170. The first kappa shape index (κ1) is 14.8. The molecule has 0 saturated carbocycles. The van der Waals surface area contributed by atoms with Crippen LogP contribution in [-0.4, -0.2) is 31.5 Å². The first-order valence-electron chi connectivity index (χ1n) is 6.74. The Bertz CT molecular complexity index is 580. The van der Waals surface area contributed by atoms with E-state index in [9.17, 15) is 13.2 Å². The number of nitrogens with zero attached hydrogens (tertiary/aromatic N) is 1. The van der Waals surface area contributed by atoms with Gasteiger partial charge in [-0.3, -0.25) is 0 Å². The molecule has 1 aliphatic heterocycles. The molecule has 0 aliphatic carbocycles. The summed E-state index contributed by atoms with van der Waals surface area (Å²) < 4.78 is 30.9. The summed E-state index contributed by atoms with van der Waals surface area (Å²) in [5.41, 5.74) is 0.968. The molecule has 1 amide bonds. The Balaban J connectivity index is 2.30. The topological polar surface area (TPSA) is 63.7 Å². The van der Waals surface area contributed by atoms with E-state index in [1.165, 1.54) is 12.1 Å². The van der Waals surface area contributed by atoms with Crippen LogP contribution in [0.2, 0.25) is 0 Å². The monoisotopic (exact) mass is 297 g/mol. The van der Waals surface area contributed by atoms with Gasteiger partial charge in [-0.2, -0.15) is 4.31 Å². The quantitative estimate of drug-likeness (QED) is 0.838. The fourth-order valence-corrected chi connectivity index (χ4v) is 3.72. The average molecular weight is 297 g/mol. The summed E-state index contributed by atoms with van der Waals surface area (Å²) in [7, 11) is -3.83. The number of hydrogen-bond donors (Lipinski definition) is 0. The van der Waals surface area contributed by atoms with Gasteiger partial charge in [-0.05, 0) is 25.5 Å². The summed E-state index contributed by atoms with van der Waals surface area (Å²) in [6.45, 7) is 4.05. The molecule has 0 bridgehead atoms. The molecule has 1 fully saturated rings. The van der Waals surface area contributed by atoms with Crippen molar-refractivity contribution < 1.29 is 17.9 Å². The van der Waals surface area contributed by atoms with Crippen LogP contribution in [-0.2, 0) is 14.8 Å². The smallest absolute Gasteiger partial charge is 0.424 e. The van der Waals surface area contributed by atoms with E-state index >= 15 is 0 Å². The van der Waals surface area contributed by atoms with E-state index in [-0.39, 0.29) is 11.5 Å². The molecule has 1 heterocycles. The van der Waals surface area contributed by atoms with Crippen molar-refractivity contribution >= 4 is 16.1 Å². The molecule has 2 rings (SSSR count). The zero-order chi connectivity index (χ0) is 14.8. The minimum atomic E-state index is -3.83. The number of carbonyl (C=O) groups is 1. The van der Waals surface area contributed by atoms with Gasteiger partial charge in [0.15, 0.2) is 0 Å². The minimum absolute atomic E-state index is 0.128. The molecule has 1 saturated heterocycles. The summed E-state index contributed by atoms with van der Waals surface area (Å²) in [6.07, 6.45) is 1.67. The SMILES string of the molecule is CCCC[C@H]1COC(=O)N1S(=O)(=O)c1ccc(C)cc1. The van der Waals surface area contributed by atoms with Crippen LogP contribution in [0, 0.1) is 6.92 Å². The molecule has 0 aromatic heterocycles. The molecule has 0 N–H and O–H groups in total. The lowest BCUT2D eigenvalue weighted by Crippen LogP contribution is -2.38. The lowest BCUT2D eigenvalue weighted by atomic mass is 10.1. The second kappa shape index (κ2) is 5.83. The third-order valence-corrected chi connectivity index (χ3v) is 5.21. The van der Waals surface area contributed by atoms with Crippen molar-refractivity contribution in [2.75, 3.05) is 6.61 Å². The fourth-order valence-electron chi connectivity index (χ4n) is 2.21. The van der Waals surface area contributed by atoms with E-state index in [2.05, 4.69) is 0 Å². The number of hydrogen-bond acceptors (Lipinski definition) is 4. The molecule has 0 radical (unpaired) electrons. The molecule has 0 unspecified atom stereocenters. The van der Waals surface area contributed by atoms with Gasteiger partial charge < -0.3 is 4.74 Å². The maximum atomic E-state index is 12.6. The standard InChI is InChI=1S/C14H19NO4S/c1-3-4-5-12-10-19-14(16)15(12)20(17,18)13-8-6-11(2)7-9-13/h6-9,12H,3-5,10H2,1-2H3/t12-/m0/s1. The highest BCUT2D eigenvalue weighted by Gasteiger charge is 2.42. The normalized spacial score (nSPS) is 19.2. The first-order chi connectivity index (χ1) is 9.46. The molecule has 1 aliphatic rings. The third kappa shape index (κ3) is 2.80. The maximum Gasteiger partial charge on any atom is 0.424 e. The summed E-state index contributed by atoms with van der Waals surface area (Å²) in [5, 5.41) is 0. The van der Waals surface area contributed by atoms with E-state index in [1.54, 1.807) is 12.1 Å². The van der Waals surface area contributed by atoms with Gasteiger partial charge in [-0.1, -0.05) is 37.5 Å². The number of cyclic esters (lactones) is 1. The van der Waals surface area contributed by atoms with Gasteiger partial charge >= 0.3 is 6.09 Å². The predicted molar refractivity (Wildman–Crippen MR) is 74.9 cm³/mol. The van der Waals surface area contributed by atoms with Gasteiger partial charge in [-0.25, -0.2) is 13.2 Å². The Morgan fingerprint density at radius 2 is 1.95 bits per heavy atom. The highest BCUT2D eigenvalue weighted by Crippen LogP contribution is 2.26. The molecular weight excluding hydrogens is 278 g/mol. The number of aryl methyl sites for hydroxylation is 1. The molecule has 5 nitrogen and oxygen atoms in total. The Hall–Kier alpha value is -1.56. The van der Waals surface area contributed by atoms with Gasteiger partial charge in [0.25, 0.3) is 10.0 Å². The van der Waals surface area contributed by atoms with Crippen LogP contribution < -0.4 is 0 Å². The van der Waals surface area contributed by atoms with E-state index in [1.807, 2.05) is 13.8 Å². The van der Waals surface area contributed by atoms with E-state index in [4.69, 9.17) is 4.74 Å². The van der Waals surface area contributed by atoms with Crippen molar-refractivity contribution in [2.45, 2.75) is 44.0 Å². The number of sulfonamides is 1. The Kier molecular flexibility index (Phi) is 4.32. The zero-order valence-electron chi connectivity index (χ0n) is 11.7. The van der Waals surface area contributed by atoms with E-state index in [0.29, 0.717) is 6.42 Å². The van der Waals surface area contributed by atoms with Crippen LogP contribution in [0.3, 0.4) is 0 Å². The number of benzene rings is 1. The number of amides is 1. The summed E-state index contributed by atoms with van der Waals surface area (Å²) in [4.78, 5) is 11.9. The zero-order valence-corrected chi connectivity index (χ0v) is 12.5. The second-order valence-corrected chi connectivity index (χ2v) is 6.80. The maximum absolute atomic E-state index is 12.6. The minimum Gasteiger partial charge on any atom is -0.446 e. The van der Waals surface area contributed by atoms with Crippen molar-refractivity contribution in [3.63, 3.8) is 0 Å². The van der Waals surface area contributed by atoms with E-state index < -0.39 is 22.2 Å². The number of unbranched alkanes of at least 4 members (excludes halogenated alkanes) is 1. The Morgan fingerprint density at radius 1 is 1.30 bits per heavy atom. The van der Waals surface area contributed by atoms with Crippen LogP contribution >= 0.6 is 0 Å². The van der Waals surface area contributed by atoms with Crippen molar-refractivity contribution in [3.8, 4) is 0 Å². The predicted octanol–water partition coefficient (Wildman–Crippen LogP) is 2.69. The van der Waals surface area contributed by atoms with Gasteiger partial charge in [0.2, 0.25) is 0 Å². The van der Waals surface area contributed by atoms with Gasteiger partial charge in [0.1, 0.15) is 6.61 Å². The highest BCUT2D eigenvalue weighted by atomic mass is 32.2. The van der Waals surface area contributed by atoms with E-state index in [0.717, 1.165) is 22.7 Å². The molecule has 1 atom stereocenters. The molecular formula is C14H19NO4S. The summed E-state index contributed by atoms with van der Waals surface area (Å²) >= 11 is 0. The molecule has 20 heavy (non-hydrogen) atoms. The van der Waals surface area contributed by atoms with Crippen LogP contribution in [0.1, 0.15) is 31.7 Å². The van der Waals surface area contributed by atoms with Crippen molar-refractivity contribution in [2.24, 2.45) is 0 Å². The molecule has 1 aromatic rings. The summed E-state index contributed by atoms with van der Waals surface area (Å²) in [5.74, 6) is 0. The number of rotatable bonds is 5. The van der Waals surface area contributed by atoms with Crippen molar-refractivity contribution in [1.29, 1.82) is 0 Å². The molecule has 6 heteroatoms. The molecule has 1 aromatic carbocycles. The molecule has 0 spiro atoms. The van der Waals surface area contributed by atoms with Gasteiger partial charge in [0.05, 0.1) is 10.9 Å². The lowest BCUT2D eigenvalue weighted by Gasteiger charge is -2.21. The highest BCUT2D eigenvalue weighted by molar-refractivity contribution is 7.89. The third-order valence-electron chi connectivity index (χ3n) is 3.38. The Morgan fingerprint density at radius 3 is 2.55 bits per heavy atom. The van der Waals surface area contributed by atoms with Crippen LogP contribution in [0.15, 0.2) is 29.2 Å². The Labute approximate surface area is 119 Å². The molecule has 110 valence electrons. The van der Waals surface area contributed by atoms with Crippen LogP contribution in [0.5, 0.6) is 0 Å². The van der Waals surface area contributed by atoms with Crippen LogP contribution in [0.4, 0.5) is 4.79 Å². The second-order valence-electron chi connectivity index (χ2n) is 4.99. The largest absolute Gasteiger partial charge is 0.446 e. The van der Waals surface area contributed by atoms with Crippen molar-refractivity contribution in [1.82, 2.24) is 4.31 Å². The first-order valence-corrected chi connectivity index (χ1v) is 8.18. The number of carbonyl (C=O) groups excluding carboxylic acids is 1. The summed E-state index contributed by atoms with van der Waals surface area (Å²) in [6, 6.07) is 6.08. The van der Waals surface area contributed by atoms with Gasteiger partial charge in [0, 0.05) is 0 Å².